The Balaban J connectivity index is 2.96. The number of hydrogen-bond acceptors (Lipinski definition) is 5. The molecule has 0 aliphatic carbocycles. The second-order valence-corrected chi connectivity index (χ2v) is 5.54. The Morgan fingerprint density at radius 2 is 2.00 bits per heavy atom. The number of alkyl halides is 3. The van der Waals surface area contributed by atoms with E-state index in [1.165, 1.54) is 6.92 Å². The van der Waals surface area contributed by atoms with Crippen LogP contribution in [0.3, 0.4) is 0 Å². The van der Waals surface area contributed by atoms with E-state index in [0.29, 0.717) is 10.0 Å². The van der Waals surface area contributed by atoms with Crippen molar-refractivity contribution in [3.8, 4) is 0 Å². The number of nitrogen functional groups attached to an aromatic ring is 1. The van der Waals surface area contributed by atoms with Gasteiger partial charge in [0.05, 0.1) is 0 Å². The van der Waals surface area contributed by atoms with E-state index in [2.05, 4.69) is 4.98 Å². The Morgan fingerprint density at radius 3 is 2.48 bits per heavy atom. The fourth-order valence-electron chi connectivity index (χ4n) is 1.75. The highest BCUT2D eigenvalue weighted by Crippen LogP contribution is 2.29. The molecule has 1 rings (SSSR count). The third-order valence-corrected chi connectivity index (χ3v) is 3.93. The molecule has 0 aromatic carbocycles. The van der Waals surface area contributed by atoms with Crippen LogP contribution in [0.5, 0.6) is 0 Å². The second kappa shape index (κ2) is 6.97. The van der Waals surface area contributed by atoms with Gasteiger partial charge >= 0.3 is 6.18 Å². The number of nitrogens with zero attached hydrogens (tertiary/aromatic N) is 3. The Bertz CT molecular complexity index is 489. The molecule has 0 spiro atoms. The molecule has 0 atom stereocenters. The lowest BCUT2D eigenvalue weighted by Gasteiger charge is -2.21. The van der Waals surface area contributed by atoms with Crippen molar-refractivity contribution in [2.24, 2.45) is 0 Å². The monoisotopic (exact) mass is 324 g/mol. The van der Waals surface area contributed by atoms with Crippen LogP contribution in [0.4, 0.5) is 24.1 Å². The number of nitrogens with two attached hydrogens (primary N) is 1. The normalized spacial score (nSPS) is 11.5. The number of anilines is 2. The highest BCUT2D eigenvalue weighted by Gasteiger charge is 2.34. The van der Waals surface area contributed by atoms with Crippen LogP contribution in [0.15, 0.2) is 0 Å². The van der Waals surface area contributed by atoms with Gasteiger partial charge in [-0.2, -0.15) is 13.2 Å². The predicted molar refractivity (Wildman–Crippen MR) is 77.7 cm³/mol. The maximum atomic E-state index is 12.5. The van der Waals surface area contributed by atoms with Gasteiger partial charge in [-0.05, 0) is 13.3 Å². The average Bonchev–Trinajstić information content (AvgIpc) is 2.76. The van der Waals surface area contributed by atoms with Crippen molar-refractivity contribution in [3.63, 3.8) is 0 Å². The van der Waals surface area contributed by atoms with E-state index in [4.69, 9.17) is 5.73 Å². The minimum absolute atomic E-state index is 0.0245. The number of thiazole rings is 1. The van der Waals surface area contributed by atoms with Crippen molar-refractivity contribution in [3.05, 3.63) is 4.88 Å². The number of hydrogen-bond donors (Lipinski definition) is 1. The molecular formula is C12H19F3N4OS. The van der Waals surface area contributed by atoms with Crippen LogP contribution in [0.2, 0.25) is 0 Å². The largest absolute Gasteiger partial charge is 0.406 e. The molecule has 0 aliphatic heterocycles. The molecule has 0 unspecified atom stereocenters. The van der Waals surface area contributed by atoms with E-state index < -0.39 is 18.6 Å². The standard InChI is InChI=1S/C12H19F3N4OS/c1-4-6-18(3)11-17-9(16)8(21-11)10(20)19(5-2)7-12(13,14)15/h4-7,16H2,1-3H3. The molecule has 0 aliphatic rings. The van der Waals surface area contributed by atoms with Gasteiger partial charge in [0.15, 0.2) is 5.13 Å². The van der Waals surface area contributed by atoms with E-state index in [-0.39, 0.29) is 17.2 Å². The van der Waals surface area contributed by atoms with Gasteiger partial charge in [-0.3, -0.25) is 4.79 Å². The van der Waals surface area contributed by atoms with Crippen molar-refractivity contribution in [1.29, 1.82) is 0 Å². The maximum Gasteiger partial charge on any atom is 0.406 e. The van der Waals surface area contributed by atoms with Crippen LogP contribution in [-0.2, 0) is 0 Å². The molecule has 9 heteroatoms. The summed E-state index contributed by atoms with van der Waals surface area (Å²) in [4.78, 5) is 18.8. The zero-order valence-electron chi connectivity index (χ0n) is 12.2. The smallest absolute Gasteiger partial charge is 0.382 e. The first-order chi connectivity index (χ1) is 9.69. The SMILES string of the molecule is CCCN(C)c1nc(N)c(C(=O)N(CC)CC(F)(F)F)s1. The summed E-state index contributed by atoms with van der Waals surface area (Å²) in [6, 6.07) is 0. The molecule has 0 bridgehead atoms. The molecule has 0 fully saturated rings. The van der Waals surface area contributed by atoms with Gasteiger partial charge < -0.3 is 15.5 Å². The topological polar surface area (TPSA) is 62.5 Å². The van der Waals surface area contributed by atoms with Crippen molar-refractivity contribution in [2.75, 3.05) is 37.3 Å². The summed E-state index contributed by atoms with van der Waals surface area (Å²) in [6.45, 7) is 2.86. The Morgan fingerprint density at radius 1 is 1.38 bits per heavy atom. The summed E-state index contributed by atoms with van der Waals surface area (Å²) in [5, 5.41) is 0.528. The van der Waals surface area contributed by atoms with Gasteiger partial charge in [-0.15, -0.1) is 0 Å². The first kappa shape index (κ1) is 17.5. The summed E-state index contributed by atoms with van der Waals surface area (Å²) in [7, 11) is 1.79. The number of aromatic nitrogens is 1. The molecule has 1 aromatic rings. The van der Waals surface area contributed by atoms with Gasteiger partial charge in [-0.25, -0.2) is 4.98 Å². The number of amides is 1. The first-order valence-electron chi connectivity index (χ1n) is 6.53. The molecule has 0 radical (unpaired) electrons. The van der Waals surface area contributed by atoms with Crippen molar-refractivity contribution in [1.82, 2.24) is 9.88 Å². The Hall–Kier alpha value is -1.51. The molecule has 21 heavy (non-hydrogen) atoms. The molecule has 2 N–H and O–H groups in total. The van der Waals surface area contributed by atoms with E-state index in [9.17, 15) is 18.0 Å². The minimum Gasteiger partial charge on any atom is -0.382 e. The van der Waals surface area contributed by atoms with Crippen LogP contribution in [0.1, 0.15) is 29.9 Å². The van der Waals surface area contributed by atoms with Crippen LogP contribution >= 0.6 is 11.3 Å². The quantitative estimate of drug-likeness (QED) is 0.874. The third kappa shape index (κ3) is 4.76. The number of rotatable bonds is 6. The van der Waals surface area contributed by atoms with E-state index in [1.54, 1.807) is 7.05 Å². The molecule has 1 aromatic heterocycles. The highest BCUT2D eigenvalue weighted by molar-refractivity contribution is 7.18. The van der Waals surface area contributed by atoms with Gasteiger partial charge in [0.1, 0.15) is 17.2 Å². The lowest BCUT2D eigenvalue weighted by atomic mass is 10.4. The fourth-order valence-corrected chi connectivity index (χ4v) is 2.70. The molecular weight excluding hydrogens is 305 g/mol. The van der Waals surface area contributed by atoms with E-state index in [0.717, 1.165) is 24.3 Å². The van der Waals surface area contributed by atoms with Crippen LogP contribution in [-0.4, -0.2) is 48.6 Å². The van der Waals surface area contributed by atoms with Gasteiger partial charge in [0, 0.05) is 20.1 Å². The molecule has 120 valence electrons. The van der Waals surface area contributed by atoms with E-state index >= 15 is 0 Å². The fraction of sp³-hybridized carbons (Fsp3) is 0.667. The lowest BCUT2D eigenvalue weighted by Crippen LogP contribution is -2.38. The van der Waals surface area contributed by atoms with Gasteiger partial charge in [0.25, 0.3) is 5.91 Å². The number of halogens is 3. The number of carbonyl (C=O) groups is 1. The van der Waals surface area contributed by atoms with Crippen molar-refractivity contribution >= 4 is 28.2 Å². The van der Waals surface area contributed by atoms with Crippen LogP contribution in [0.25, 0.3) is 0 Å². The zero-order valence-corrected chi connectivity index (χ0v) is 13.0. The second-order valence-electron chi connectivity index (χ2n) is 4.57. The summed E-state index contributed by atoms with van der Waals surface area (Å²) in [5.41, 5.74) is 5.68. The zero-order chi connectivity index (χ0) is 16.2. The van der Waals surface area contributed by atoms with Crippen molar-refractivity contribution < 1.29 is 18.0 Å². The summed E-state index contributed by atoms with van der Waals surface area (Å²) in [5.74, 6) is -0.760. The van der Waals surface area contributed by atoms with Crippen LogP contribution < -0.4 is 10.6 Å². The molecule has 0 saturated heterocycles. The molecule has 5 nitrogen and oxygen atoms in total. The summed E-state index contributed by atoms with van der Waals surface area (Å²) >= 11 is 1.02. The predicted octanol–water partition coefficient (Wildman–Crippen LogP) is 2.60. The van der Waals surface area contributed by atoms with Gasteiger partial charge in [0.2, 0.25) is 0 Å². The molecule has 1 amide bonds. The maximum absolute atomic E-state index is 12.5. The summed E-state index contributed by atoms with van der Waals surface area (Å²) in [6.07, 6.45) is -3.55. The summed E-state index contributed by atoms with van der Waals surface area (Å²) < 4.78 is 37.4. The number of carbonyl (C=O) groups excluding carboxylic acids is 1. The lowest BCUT2D eigenvalue weighted by molar-refractivity contribution is -0.140. The highest BCUT2D eigenvalue weighted by atomic mass is 32.1. The average molecular weight is 324 g/mol. The molecule has 0 saturated carbocycles. The third-order valence-electron chi connectivity index (χ3n) is 2.76. The molecule has 1 heterocycles. The van der Waals surface area contributed by atoms with E-state index in [1.807, 2.05) is 11.8 Å². The van der Waals surface area contributed by atoms with Crippen molar-refractivity contribution in [2.45, 2.75) is 26.4 Å². The van der Waals surface area contributed by atoms with Crippen LogP contribution in [0, 0.1) is 0 Å². The minimum atomic E-state index is -4.44. The Kier molecular flexibility index (Phi) is 5.82. The first-order valence-corrected chi connectivity index (χ1v) is 7.34. The van der Waals surface area contributed by atoms with Gasteiger partial charge in [-0.1, -0.05) is 18.3 Å². The Labute approximate surface area is 125 Å².